The molecule has 38 nitrogen and oxygen atoms in total. The number of rotatable bonds is 12. The third kappa shape index (κ3) is 19.9. The van der Waals surface area contributed by atoms with Crippen molar-refractivity contribution in [2.75, 3.05) is 118 Å². The minimum absolute atomic E-state index is 0. The van der Waals surface area contributed by atoms with E-state index >= 15 is 0 Å². The number of piperidine rings is 5. The Morgan fingerprint density at radius 3 is 1.04 bits per heavy atom. The number of fused-ring (bicyclic) bond motifs is 6. The fourth-order valence-corrected chi connectivity index (χ4v) is 22.4. The first kappa shape index (κ1) is 96.9. The van der Waals surface area contributed by atoms with Gasteiger partial charge in [0.05, 0.1) is 113 Å². The topological polar surface area (TPSA) is 501 Å². The molecule has 6 aliphatic heterocycles. The van der Waals surface area contributed by atoms with Crippen LogP contribution in [0.3, 0.4) is 0 Å². The van der Waals surface area contributed by atoms with Gasteiger partial charge < -0.3 is 76.0 Å². The highest BCUT2D eigenvalue weighted by molar-refractivity contribution is 9.11. The van der Waals surface area contributed by atoms with Gasteiger partial charge in [-0.1, -0.05) is 19.6 Å². The molecule has 6 aliphatic rings. The summed E-state index contributed by atoms with van der Waals surface area (Å²) < 4.78 is 23.8. The number of nitrogen functional groups attached to an aromatic ring is 6. The third-order valence-corrected chi connectivity index (χ3v) is 31.2. The summed E-state index contributed by atoms with van der Waals surface area (Å²) in [5.41, 5.74) is 66.1. The predicted molar refractivity (Wildman–Crippen MR) is 563 cm³/mol. The van der Waals surface area contributed by atoms with Gasteiger partial charge in [0.1, 0.15) is 45.2 Å². The molecule has 0 amide bonds. The number of hydrogen-bond acceptors (Lipinski definition) is 31. The maximum Gasteiger partial charge on any atom is 0.167 e. The van der Waals surface area contributed by atoms with Gasteiger partial charge in [0.25, 0.3) is 0 Å². The molecule has 19 N–H and O–H groups in total. The van der Waals surface area contributed by atoms with Crippen LogP contribution in [0, 0.1) is 6.92 Å². The van der Waals surface area contributed by atoms with Crippen LogP contribution >= 0.6 is 107 Å². The van der Waals surface area contributed by atoms with E-state index in [2.05, 4.69) is 189 Å². The summed E-state index contributed by atoms with van der Waals surface area (Å²) in [6.45, 7) is 13.6. The molecule has 18 aromatic heterocycles. The molecule has 0 aromatic carbocycles. The summed E-state index contributed by atoms with van der Waals surface area (Å²) in [5, 5.41) is 56.1. The number of aromatic nitrogens is 24. The number of hydrogen-bond donors (Lipinski definition) is 12. The van der Waals surface area contributed by atoms with Crippen molar-refractivity contribution in [2.24, 2.45) is 19.8 Å². The summed E-state index contributed by atoms with van der Waals surface area (Å²) in [7, 11) is 3.79. The van der Waals surface area contributed by atoms with E-state index < -0.39 is 0 Å². The molecule has 0 radical (unpaired) electrons. The van der Waals surface area contributed by atoms with Crippen molar-refractivity contribution < 1.29 is 4.42 Å². The van der Waals surface area contributed by atoms with Crippen LogP contribution in [-0.2, 0) is 14.1 Å². The van der Waals surface area contributed by atoms with Gasteiger partial charge in [-0.25, -0.2) is 29.9 Å². The van der Waals surface area contributed by atoms with Crippen LogP contribution in [0.25, 0.3) is 101 Å². The largest absolute Gasteiger partial charge is 0.472 e. The van der Waals surface area contributed by atoms with E-state index in [1.165, 1.54) is 0 Å². The number of nitrogens with zero attached hydrogens (tertiary/aromatic N) is 25. The van der Waals surface area contributed by atoms with Gasteiger partial charge in [-0.3, -0.25) is 19.3 Å². The molecule has 6 fully saturated rings. The average Bonchev–Trinajstić information content (AvgIpc) is 1.63. The molecule has 24 heterocycles. The van der Waals surface area contributed by atoms with Crippen LogP contribution in [0.5, 0.6) is 0 Å². The Morgan fingerprint density at radius 2 is 0.739 bits per heavy atom. The van der Waals surface area contributed by atoms with Crippen molar-refractivity contribution in [2.45, 2.75) is 121 Å². The second-order valence-electron chi connectivity index (χ2n) is 34.8. The lowest BCUT2D eigenvalue weighted by molar-refractivity contribution is 0.453. The molecule has 18 aromatic rings. The maximum atomic E-state index is 6.32. The Balaban J connectivity index is 0.000000110. The van der Waals surface area contributed by atoms with Crippen molar-refractivity contribution in [3.63, 3.8) is 0 Å². The van der Waals surface area contributed by atoms with E-state index in [9.17, 15) is 0 Å². The second kappa shape index (κ2) is 42.8. The number of nitrogens with two attached hydrogens (primary N) is 7. The minimum Gasteiger partial charge on any atom is -0.472 e. The van der Waals surface area contributed by atoms with Crippen LogP contribution in [-0.4, -0.2) is 202 Å². The lowest BCUT2D eigenvalue weighted by atomic mass is 9.96. The highest BCUT2D eigenvalue weighted by atomic mass is 79.9. The molecule has 0 spiro atoms. The number of furan rings is 1. The van der Waals surface area contributed by atoms with Crippen LogP contribution in [0.15, 0.2) is 171 Å². The van der Waals surface area contributed by atoms with Crippen molar-refractivity contribution >= 4 is 182 Å². The Kier molecular flexibility index (Phi) is 30.0. The van der Waals surface area contributed by atoms with Gasteiger partial charge in [0.2, 0.25) is 0 Å². The van der Waals surface area contributed by atoms with E-state index in [0.717, 1.165) is 317 Å². The van der Waals surface area contributed by atoms with Crippen LogP contribution in [0.4, 0.5) is 40.7 Å². The van der Waals surface area contributed by atoms with Crippen molar-refractivity contribution in [1.82, 2.24) is 144 Å². The molecule has 24 rings (SSSR count). The average molecular weight is 2270 g/mol. The van der Waals surface area contributed by atoms with E-state index in [0.29, 0.717) is 64.5 Å². The summed E-state index contributed by atoms with van der Waals surface area (Å²) in [4.78, 5) is 40.1. The van der Waals surface area contributed by atoms with Crippen molar-refractivity contribution in [3.05, 3.63) is 201 Å². The first-order valence-corrected chi connectivity index (χ1v) is 51.2. The summed E-state index contributed by atoms with van der Waals surface area (Å²) in [6.07, 6.45) is 39.4. The standard InChI is InChI=1S/C17H19BrN6.C16H17BrN6.2C15H18BrN7.C15H16BrN5O.C14H15BrN6S.CH4/c1-10-4-5-11(8-21-10)13-9-22-24-16(19)14(18)15(23-17(13)24)12-3-2-6-20-7-12;17-13-14(11-4-2-6-20-8-11)22-16-12(9-21-23(16)15(13)18)10-3-1-5-19-7-10;2*1-22-8-10(6-19-22)11-7-20-23-14(17)12(16)13(21-15(11)23)9-3-2-4-18-5-9;16-12-13(9-2-1-4-18-6-9)20-15-11(10-3-5-22-8-10)7-19-21(15)14(12)17;15-11-12(17)21-13(10(5-18-21)8-2-4-22-7-8)19-14(11)20-3-1-9(16)6-20;/h4-5,8-9,12,20H,2-3,6-7,19H2,1H3;1,3,5,7,9,11,20H,2,4,6,8,18H2;2*6-9,18H,2-5,17H2,1H3;3,5,7-9,18H,1-2,4,6,17H2;2,4-5,7,9H,1,3,6,16-17H2;1H4/t;;;;;9-;/m.....0./s1. The summed E-state index contributed by atoms with van der Waals surface area (Å²) in [5.74, 6) is 6.15. The first-order chi connectivity index (χ1) is 66.6. The first-order valence-electron chi connectivity index (χ1n) is 45.5. The molecule has 0 saturated carbocycles. The summed E-state index contributed by atoms with van der Waals surface area (Å²) in [6, 6.07) is 12.1. The van der Waals surface area contributed by atoms with Gasteiger partial charge in [0, 0.05) is 193 Å². The smallest absolute Gasteiger partial charge is 0.167 e. The normalized spacial score (nSPS) is 18.4. The van der Waals surface area contributed by atoms with Gasteiger partial charge in [-0.15, -0.1) is 0 Å². The van der Waals surface area contributed by atoms with E-state index in [4.69, 9.17) is 74.5 Å². The SMILES string of the molecule is C.Cc1ccc(-c2cnn3c(N)c(Br)c(C4CCCNC4)nc23)cn1.Cn1cc(-c2cnn3c(N)c(Br)c(C4CCCNC4)nc23)cn1.Cn1cc(-c2cnn3c(N)c(Br)c(C4CCCNC4)nc23)cn1.Nc1c(Br)c(C2CCCNC2)nc2c(-c3cccnc3)cnn12.Nc1c(Br)c(C2CCCNC2)nc2c(-c3ccoc3)cnn12.Nc1c(Br)c(N2CC[C@H](N)C2)nc2c(-c3ccsc3)cnn12. The van der Waals surface area contributed by atoms with E-state index in [1.54, 1.807) is 97.5 Å². The van der Waals surface area contributed by atoms with E-state index in [-0.39, 0.29) is 13.5 Å². The Morgan fingerprint density at radius 1 is 0.384 bits per heavy atom. The van der Waals surface area contributed by atoms with Crippen molar-refractivity contribution in [3.8, 4) is 66.8 Å². The highest BCUT2D eigenvalue weighted by Gasteiger charge is 2.33. The van der Waals surface area contributed by atoms with Gasteiger partial charge in [-0.2, -0.15) is 79.2 Å². The molecule has 6 atom stereocenters. The molecular formula is C93H107Br6N37OS. The van der Waals surface area contributed by atoms with Crippen LogP contribution < -0.4 is 71.6 Å². The number of aryl methyl sites for hydroxylation is 3. The monoisotopic (exact) mass is 2260 g/mol. The predicted octanol–water partition coefficient (Wildman–Crippen LogP) is 15.2. The quantitative estimate of drug-likeness (QED) is 0.0540. The number of thiophene rings is 1. The Labute approximate surface area is 848 Å². The molecule has 138 heavy (non-hydrogen) atoms. The molecule has 45 heteroatoms. The fourth-order valence-electron chi connectivity index (χ4n) is 18.3. The Bertz CT molecular complexity index is 7030. The fraction of sp³-hybridized carbons (Fsp3) is 0.355. The number of halogens is 6. The zero-order chi connectivity index (χ0) is 94.8. The lowest BCUT2D eigenvalue weighted by Gasteiger charge is -2.23. The van der Waals surface area contributed by atoms with Gasteiger partial charge >= 0.3 is 0 Å². The number of nitrogens with one attached hydrogen (secondary N) is 5. The molecule has 718 valence electrons. The second-order valence-corrected chi connectivity index (χ2v) is 40.4. The molecular weight excluding hydrogens is 2160 g/mol. The minimum atomic E-state index is 0. The van der Waals surface area contributed by atoms with Crippen LogP contribution in [0.1, 0.15) is 142 Å². The highest BCUT2D eigenvalue weighted by Crippen LogP contribution is 2.44. The number of anilines is 7. The zero-order valence-electron chi connectivity index (χ0n) is 75.3. The van der Waals surface area contributed by atoms with Gasteiger partial charge in [-0.05, 0) is 246 Å². The Hall–Kier alpha value is -11.3. The third-order valence-electron chi connectivity index (χ3n) is 25.7. The molecule has 0 aliphatic carbocycles. The number of pyridine rings is 2. The molecule has 6 saturated heterocycles. The molecule has 0 bridgehead atoms. The lowest BCUT2D eigenvalue weighted by Crippen LogP contribution is -2.29. The zero-order valence-corrected chi connectivity index (χ0v) is 85.6. The van der Waals surface area contributed by atoms with E-state index in [1.807, 2.05) is 100 Å². The van der Waals surface area contributed by atoms with Crippen LogP contribution in [0.2, 0.25) is 0 Å². The molecule has 5 unspecified atom stereocenters. The maximum absolute atomic E-state index is 6.32. The van der Waals surface area contributed by atoms with Crippen molar-refractivity contribution in [1.29, 1.82) is 0 Å². The summed E-state index contributed by atoms with van der Waals surface area (Å²) >= 11 is 23.3. The van der Waals surface area contributed by atoms with Gasteiger partial charge in [0.15, 0.2) is 33.9 Å².